The first-order chi connectivity index (χ1) is 9.22. The van der Waals surface area contributed by atoms with Crippen molar-refractivity contribution in [2.24, 2.45) is 0 Å². The number of carbonyl (C=O) groups excluding carboxylic acids is 1. The van der Waals surface area contributed by atoms with E-state index < -0.39 is 0 Å². The van der Waals surface area contributed by atoms with Gasteiger partial charge in [0.25, 0.3) is 5.91 Å². The van der Waals surface area contributed by atoms with Gasteiger partial charge in [0.2, 0.25) is 0 Å². The Hall–Kier alpha value is -1.03. The summed E-state index contributed by atoms with van der Waals surface area (Å²) in [4.78, 5) is 12.9. The molecule has 2 aliphatic rings. The van der Waals surface area contributed by atoms with Gasteiger partial charge in [-0.25, -0.2) is 0 Å². The molecule has 0 atom stereocenters. The molecule has 19 heavy (non-hydrogen) atoms. The second kappa shape index (κ2) is 5.53. The maximum absolute atomic E-state index is 12.2. The molecule has 1 amide bonds. The predicted molar refractivity (Wildman–Crippen MR) is 78.1 cm³/mol. The summed E-state index contributed by atoms with van der Waals surface area (Å²) in [6.45, 7) is 0.732. The molecule has 0 spiro atoms. The number of alkyl halides is 1. The van der Waals surface area contributed by atoms with Gasteiger partial charge in [0.05, 0.1) is 6.61 Å². The molecule has 1 heterocycles. The minimum atomic E-state index is 0.0488. The summed E-state index contributed by atoms with van der Waals surface area (Å²) >= 11 is 3.63. The summed E-state index contributed by atoms with van der Waals surface area (Å²) in [5.74, 6) is 0.976. The summed E-state index contributed by atoms with van der Waals surface area (Å²) in [6, 6.07) is 6.06. The number of ether oxygens (including phenoxy) is 1. The highest BCUT2D eigenvalue weighted by Crippen LogP contribution is 2.27. The number of hydrogen-bond donors (Lipinski definition) is 1. The van der Waals surface area contributed by atoms with Crippen LogP contribution in [0.3, 0.4) is 0 Å². The molecule has 3 rings (SSSR count). The number of fused-ring (bicyclic) bond motifs is 1. The Morgan fingerprint density at radius 3 is 2.84 bits per heavy atom. The van der Waals surface area contributed by atoms with Crippen LogP contribution in [0.25, 0.3) is 0 Å². The summed E-state index contributed by atoms with van der Waals surface area (Å²) in [5.41, 5.74) is 1.90. The van der Waals surface area contributed by atoms with Crippen LogP contribution in [0.15, 0.2) is 18.2 Å². The van der Waals surface area contributed by atoms with E-state index >= 15 is 0 Å². The molecule has 0 radical (unpaired) electrons. The van der Waals surface area contributed by atoms with Gasteiger partial charge in [-0.15, -0.1) is 0 Å². The van der Waals surface area contributed by atoms with Crippen LogP contribution in [-0.2, 0) is 6.42 Å². The number of carbonyl (C=O) groups is 1. The summed E-state index contributed by atoms with van der Waals surface area (Å²) in [6.07, 6.45) is 5.32. The average Bonchev–Trinajstić information content (AvgIpc) is 2.88. The summed E-state index contributed by atoms with van der Waals surface area (Å²) in [5, 5.41) is 3.15. The van der Waals surface area contributed by atoms with Gasteiger partial charge in [-0.05, 0) is 49.4 Å². The first-order valence-corrected chi connectivity index (χ1v) is 7.84. The molecule has 102 valence electrons. The van der Waals surface area contributed by atoms with Crippen molar-refractivity contribution >= 4 is 21.8 Å². The van der Waals surface area contributed by atoms with Crippen LogP contribution < -0.4 is 10.1 Å². The van der Waals surface area contributed by atoms with E-state index in [0.717, 1.165) is 55.6 Å². The highest BCUT2D eigenvalue weighted by molar-refractivity contribution is 9.09. The van der Waals surface area contributed by atoms with Gasteiger partial charge in [-0.2, -0.15) is 0 Å². The number of hydrogen-bond acceptors (Lipinski definition) is 2. The molecular weight excluding hydrogens is 306 g/mol. The zero-order valence-corrected chi connectivity index (χ0v) is 12.4. The van der Waals surface area contributed by atoms with Gasteiger partial charge >= 0.3 is 0 Å². The molecule has 1 N–H and O–H groups in total. The van der Waals surface area contributed by atoms with Crippen LogP contribution in [0.2, 0.25) is 0 Å². The molecule has 1 aromatic rings. The summed E-state index contributed by atoms with van der Waals surface area (Å²) < 4.78 is 5.46. The number of amides is 1. The lowest BCUT2D eigenvalue weighted by Gasteiger charge is -2.26. The van der Waals surface area contributed by atoms with E-state index in [2.05, 4.69) is 21.2 Å². The lowest BCUT2D eigenvalue weighted by Crippen LogP contribution is -2.37. The van der Waals surface area contributed by atoms with Crippen LogP contribution in [0.4, 0.5) is 0 Å². The fourth-order valence-corrected chi connectivity index (χ4v) is 3.32. The van der Waals surface area contributed by atoms with E-state index in [1.54, 1.807) is 0 Å². The third kappa shape index (κ3) is 2.94. The Morgan fingerprint density at radius 1 is 1.26 bits per heavy atom. The van der Waals surface area contributed by atoms with Gasteiger partial charge in [-0.1, -0.05) is 15.9 Å². The Kier molecular flexibility index (Phi) is 3.78. The van der Waals surface area contributed by atoms with Gasteiger partial charge < -0.3 is 10.1 Å². The van der Waals surface area contributed by atoms with Crippen molar-refractivity contribution in [3.8, 4) is 5.75 Å². The van der Waals surface area contributed by atoms with E-state index in [9.17, 15) is 4.79 Å². The van der Waals surface area contributed by atoms with Crippen molar-refractivity contribution in [1.82, 2.24) is 5.32 Å². The second-order valence-electron chi connectivity index (χ2n) is 5.34. The molecular formula is C15H18BrNO2. The van der Waals surface area contributed by atoms with Crippen LogP contribution >= 0.6 is 15.9 Å². The molecule has 1 saturated carbocycles. The van der Waals surface area contributed by atoms with E-state index in [1.165, 1.54) is 0 Å². The van der Waals surface area contributed by atoms with Crippen molar-refractivity contribution in [1.29, 1.82) is 0 Å². The Labute approximate surface area is 121 Å². The van der Waals surface area contributed by atoms with Gasteiger partial charge in [0.15, 0.2) is 0 Å². The van der Waals surface area contributed by atoms with Crippen LogP contribution in [0.5, 0.6) is 5.75 Å². The highest BCUT2D eigenvalue weighted by atomic mass is 79.9. The maximum atomic E-state index is 12.2. The standard InChI is InChI=1S/C15H18BrNO2/c16-12-2-4-13(5-3-12)17-15(18)11-1-6-14-10(9-11)7-8-19-14/h1,6,9,12-13H,2-5,7-8H2,(H,17,18). The van der Waals surface area contributed by atoms with Gasteiger partial charge in [-0.3, -0.25) is 4.79 Å². The van der Waals surface area contributed by atoms with Crippen LogP contribution in [0.1, 0.15) is 41.6 Å². The fraction of sp³-hybridized carbons (Fsp3) is 0.533. The minimum Gasteiger partial charge on any atom is -0.493 e. The smallest absolute Gasteiger partial charge is 0.251 e. The minimum absolute atomic E-state index is 0.0488. The Bertz CT molecular complexity index is 481. The van der Waals surface area contributed by atoms with Crippen LogP contribution in [0, 0.1) is 0 Å². The lowest BCUT2D eigenvalue weighted by molar-refractivity contribution is 0.0928. The zero-order chi connectivity index (χ0) is 13.2. The summed E-state index contributed by atoms with van der Waals surface area (Å²) in [7, 11) is 0. The molecule has 0 aromatic heterocycles. The van der Waals surface area contributed by atoms with E-state index in [0.29, 0.717) is 10.9 Å². The topological polar surface area (TPSA) is 38.3 Å². The van der Waals surface area contributed by atoms with Crippen molar-refractivity contribution in [3.63, 3.8) is 0 Å². The van der Waals surface area contributed by atoms with Crippen LogP contribution in [-0.4, -0.2) is 23.4 Å². The lowest BCUT2D eigenvalue weighted by atomic mass is 9.95. The SMILES string of the molecule is O=C(NC1CCC(Br)CC1)c1ccc2c(c1)CCO2. The largest absolute Gasteiger partial charge is 0.493 e. The highest BCUT2D eigenvalue weighted by Gasteiger charge is 2.22. The second-order valence-corrected chi connectivity index (χ2v) is 6.64. The third-order valence-electron chi connectivity index (χ3n) is 3.94. The van der Waals surface area contributed by atoms with E-state index in [1.807, 2.05) is 18.2 Å². The number of halogens is 1. The number of benzene rings is 1. The normalized spacial score (nSPS) is 25.5. The van der Waals surface area contributed by atoms with Crippen molar-refractivity contribution in [3.05, 3.63) is 29.3 Å². The van der Waals surface area contributed by atoms with Gasteiger partial charge in [0, 0.05) is 22.9 Å². The predicted octanol–water partition coefficient (Wildman–Crippen LogP) is 3.06. The van der Waals surface area contributed by atoms with E-state index in [4.69, 9.17) is 4.74 Å². The first kappa shape index (κ1) is 13.0. The van der Waals surface area contributed by atoms with Crippen molar-refractivity contribution in [2.75, 3.05) is 6.61 Å². The molecule has 3 nitrogen and oxygen atoms in total. The zero-order valence-electron chi connectivity index (χ0n) is 10.8. The Balaban J connectivity index is 1.64. The fourth-order valence-electron chi connectivity index (χ4n) is 2.79. The van der Waals surface area contributed by atoms with Gasteiger partial charge in [0.1, 0.15) is 5.75 Å². The monoisotopic (exact) mass is 323 g/mol. The molecule has 1 aliphatic carbocycles. The third-order valence-corrected chi connectivity index (χ3v) is 4.86. The number of rotatable bonds is 2. The molecule has 0 unspecified atom stereocenters. The molecule has 4 heteroatoms. The average molecular weight is 324 g/mol. The Morgan fingerprint density at radius 2 is 2.05 bits per heavy atom. The van der Waals surface area contributed by atoms with Crippen molar-refractivity contribution in [2.45, 2.75) is 43.0 Å². The molecule has 0 bridgehead atoms. The van der Waals surface area contributed by atoms with E-state index in [-0.39, 0.29) is 5.91 Å². The molecule has 1 fully saturated rings. The molecule has 0 saturated heterocycles. The molecule has 1 aromatic carbocycles. The molecule has 1 aliphatic heterocycles. The quantitative estimate of drug-likeness (QED) is 0.849. The van der Waals surface area contributed by atoms with Crippen molar-refractivity contribution < 1.29 is 9.53 Å². The number of nitrogens with one attached hydrogen (secondary N) is 1. The first-order valence-electron chi connectivity index (χ1n) is 6.93. The maximum Gasteiger partial charge on any atom is 0.251 e.